The van der Waals surface area contributed by atoms with Gasteiger partial charge in [-0.25, -0.2) is 0 Å². The lowest BCUT2D eigenvalue weighted by Gasteiger charge is -2.17. The van der Waals surface area contributed by atoms with Gasteiger partial charge in [0, 0.05) is 10.4 Å². The Bertz CT molecular complexity index is 408. The van der Waals surface area contributed by atoms with Crippen molar-refractivity contribution in [1.82, 2.24) is 0 Å². The van der Waals surface area contributed by atoms with Crippen LogP contribution in [0, 0.1) is 5.92 Å². The fourth-order valence-electron chi connectivity index (χ4n) is 2.34. The molecular weight excluding hydrogens is 296 g/mol. The topological polar surface area (TPSA) is 38.7 Å². The summed E-state index contributed by atoms with van der Waals surface area (Å²) in [5.74, 6) is 1.05. The Balaban J connectivity index is 2.04. The van der Waals surface area contributed by atoms with Gasteiger partial charge in [0.2, 0.25) is 0 Å². The fraction of sp³-hybridized carbons (Fsp3) is 0.571. The smallest absolute Gasteiger partial charge is 0.119 e. The minimum absolute atomic E-state index is 0.234. The Morgan fingerprint density at radius 2 is 2.33 bits per heavy atom. The highest BCUT2D eigenvalue weighted by Gasteiger charge is 2.28. The molecule has 1 N–H and O–H groups in total. The van der Waals surface area contributed by atoms with E-state index in [1.807, 2.05) is 25.1 Å². The Morgan fingerprint density at radius 3 is 2.94 bits per heavy atom. The van der Waals surface area contributed by atoms with Gasteiger partial charge in [0.05, 0.1) is 25.9 Å². The Labute approximate surface area is 116 Å². The van der Waals surface area contributed by atoms with Crippen molar-refractivity contribution in [2.24, 2.45) is 5.92 Å². The quantitative estimate of drug-likeness (QED) is 0.928. The van der Waals surface area contributed by atoms with E-state index in [0.717, 1.165) is 22.2 Å². The van der Waals surface area contributed by atoms with Crippen molar-refractivity contribution < 1.29 is 14.6 Å². The summed E-state index contributed by atoms with van der Waals surface area (Å²) >= 11 is 3.51. The van der Waals surface area contributed by atoms with Crippen molar-refractivity contribution in [2.45, 2.75) is 32.0 Å². The molecule has 1 fully saturated rings. The van der Waals surface area contributed by atoms with E-state index in [9.17, 15) is 5.11 Å². The van der Waals surface area contributed by atoms with Gasteiger partial charge in [-0.05, 0) is 43.5 Å². The number of aliphatic hydroxyl groups excluding tert-OH is 1. The van der Waals surface area contributed by atoms with E-state index >= 15 is 0 Å². The summed E-state index contributed by atoms with van der Waals surface area (Å²) in [7, 11) is 1.65. The van der Waals surface area contributed by atoms with Crippen molar-refractivity contribution >= 4 is 15.9 Å². The summed E-state index contributed by atoms with van der Waals surface area (Å²) in [5.41, 5.74) is 1.07. The molecule has 0 aromatic heterocycles. The van der Waals surface area contributed by atoms with Crippen molar-refractivity contribution in [3.63, 3.8) is 0 Å². The van der Waals surface area contributed by atoms with Gasteiger partial charge >= 0.3 is 0 Å². The number of rotatable bonds is 4. The molecule has 1 aliphatic rings. The van der Waals surface area contributed by atoms with E-state index in [1.165, 1.54) is 0 Å². The van der Waals surface area contributed by atoms with Gasteiger partial charge in [0.1, 0.15) is 5.75 Å². The largest absolute Gasteiger partial charge is 0.497 e. The van der Waals surface area contributed by atoms with Crippen LogP contribution in [0.2, 0.25) is 0 Å². The molecule has 1 heterocycles. The molecule has 3 unspecified atom stereocenters. The van der Waals surface area contributed by atoms with Crippen LogP contribution in [0.1, 0.15) is 18.9 Å². The minimum Gasteiger partial charge on any atom is -0.497 e. The third-order valence-electron chi connectivity index (χ3n) is 3.46. The second-order valence-corrected chi connectivity index (χ2v) is 5.72. The molecule has 1 aromatic rings. The third-order valence-corrected chi connectivity index (χ3v) is 4.23. The Hall–Kier alpha value is -0.580. The molecular formula is C14H19BrO3. The number of benzene rings is 1. The first-order chi connectivity index (χ1) is 8.60. The standard InChI is InChI=1S/C14H19BrO3/c1-9-5-11(8-18-9)14(16)7-10-6-12(17-2)3-4-13(10)15/h3-4,6,9,11,14,16H,5,7-8H2,1-2H3. The number of hydrogen-bond donors (Lipinski definition) is 1. The SMILES string of the molecule is COc1ccc(Br)c(CC(O)C2COC(C)C2)c1. The van der Waals surface area contributed by atoms with Crippen molar-refractivity contribution in [3.05, 3.63) is 28.2 Å². The van der Waals surface area contributed by atoms with Crippen LogP contribution in [-0.2, 0) is 11.2 Å². The number of ether oxygens (including phenoxy) is 2. The van der Waals surface area contributed by atoms with Gasteiger partial charge in [-0.15, -0.1) is 0 Å². The Kier molecular flexibility index (Phi) is 4.65. The van der Waals surface area contributed by atoms with Gasteiger partial charge < -0.3 is 14.6 Å². The van der Waals surface area contributed by atoms with Crippen molar-refractivity contribution in [3.8, 4) is 5.75 Å². The highest BCUT2D eigenvalue weighted by Crippen LogP contribution is 2.28. The lowest BCUT2D eigenvalue weighted by atomic mass is 9.94. The maximum absolute atomic E-state index is 10.3. The zero-order valence-electron chi connectivity index (χ0n) is 10.7. The third kappa shape index (κ3) is 3.25. The van der Waals surface area contributed by atoms with Crippen LogP contribution in [0.3, 0.4) is 0 Å². The predicted molar refractivity (Wildman–Crippen MR) is 73.9 cm³/mol. The van der Waals surface area contributed by atoms with Crippen LogP contribution in [0.4, 0.5) is 0 Å². The first-order valence-corrected chi connectivity index (χ1v) is 7.01. The number of aliphatic hydroxyl groups is 1. The molecule has 1 aromatic carbocycles. The molecule has 100 valence electrons. The van der Waals surface area contributed by atoms with Crippen LogP contribution >= 0.6 is 15.9 Å². The highest BCUT2D eigenvalue weighted by atomic mass is 79.9. The van der Waals surface area contributed by atoms with Crippen molar-refractivity contribution in [2.75, 3.05) is 13.7 Å². The summed E-state index contributed by atoms with van der Waals surface area (Å²) in [6.07, 6.45) is 1.46. The van der Waals surface area contributed by atoms with E-state index in [-0.39, 0.29) is 18.1 Å². The summed E-state index contributed by atoms with van der Waals surface area (Å²) in [4.78, 5) is 0. The molecule has 0 spiro atoms. The lowest BCUT2D eigenvalue weighted by Crippen LogP contribution is -2.23. The first-order valence-electron chi connectivity index (χ1n) is 6.22. The molecule has 1 aliphatic heterocycles. The first kappa shape index (κ1) is 13.8. The van der Waals surface area contributed by atoms with Gasteiger partial charge in [-0.1, -0.05) is 15.9 Å². The normalized spacial score (nSPS) is 25.1. The van der Waals surface area contributed by atoms with E-state index in [1.54, 1.807) is 7.11 Å². The molecule has 3 atom stereocenters. The molecule has 0 saturated carbocycles. The van der Waals surface area contributed by atoms with Crippen LogP contribution in [0.15, 0.2) is 22.7 Å². The molecule has 1 saturated heterocycles. The summed E-state index contributed by atoms with van der Waals surface area (Å²) < 4.78 is 11.7. The Morgan fingerprint density at radius 1 is 1.56 bits per heavy atom. The highest BCUT2D eigenvalue weighted by molar-refractivity contribution is 9.10. The van der Waals surface area contributed by atoms with Gasteiger partial charge in [-0.3, -0.25) is 0 Å². The van der Waals surface area contributed by atoms with Crippen LogP contribution < -0.4 is 4.74 Å². The van der Waals surface area contributed by atoms with Gasteiger partial charge in [0.25, 0.3) is 0 Å². The lowest BCUT2D eigenvalue weighted by molar-refractivity contribution is 0.0806. The van der Waals surface area contributed by atoms with Gasteiger partial charge in [0.15, 0.2) is 0 Å². The van der Waals surface area contributed by atoms with Crippen LogP contribution in [0.25, 0.3) is 0 Å². The van der Waals surface area contributed by atoms with Crippen LogP contribution in [0.5, 0.6) is 5.75 Å². The number of hydrogen-bond acceptors (Lipinski definition) is 3. The second-order valence-electron chi connectivity index (χ2n) is 4.87. The summed E-state index contributed by atoms with van der Waals surface area (Å²) in [5, 5.41) is 10.3. The summed E-state index contributed by atoms with van der Waals surface area (Å²) in [6.45, 7) is 2.71. The zero-order valence-corrected chi connectivity index (χ0v) is 12.3. The van der Waals surface area contributed by atoms with Gasteiger partial charge in [-0.2, -0.15) is 0 Å². The fourth-order valence-corrected chi connectivity index (χ4v) is 2.75. The predicted octanol–water partition coefficient (Wildman–Crippen LogP) is 2.79. The van der Waals surface area contributed by atoms with Crippen LogP contribution in [-0.4, -0.2) is 31.0 Å². The monoisotopic (exact) mass is 314 g/mol. The molecule has 2 rings (SSSR count). The zero-order chi connectivity index (χ0) is 13.1. The van der Waals surface area contributed by atoms with E-state index in [4.69, 9.17) is 9.47 Å². The molecule has 3 nitrogen and oxygen atoms in total. The maximum Gasteiger partial charge on any atom is 0.119 e. The molecule has 18 heavy (non-hydrogen) atoms. The number of methoxy groups -OCH3 is 1. The average molecular weight is 315 g/mol. The summed E-state index contributed by atoms with van der Waals surface area (Å²) in [6, 6.07) is 5.82. The number of halogens is 1. The van der Waals surface area contributed by atoms with E-state index in [2.05, 4.69) is 15.9 Å². The maximum atomic E-state index is 10.3. The minimum atomic E-state index is -0.363. The molecule has 0 bridgehead atoms. The van der Waals surface area contributed by atoms with Crippen molar-refractivity contribution in [1.29, 1.82) is 0 Å². The molecule has 0 radical (unpaired) electrons. The van der Waals surface area contributed by atoms with E-state index < -0.39 is 0 Å². The second kappa shape index (κ2) is 6.04. The average Bonchev–Trinajstić information content (AvgIpc) is 2.79. The molecule has 0 aliphatic carbocycles. The molecule has 0 amide bonds. The van der Waals surface area contributed by atoms with E-state index in [0.29, 0.717) is 13.0 Å². The molecule has 4 heteroatoms.